The minimum Gasteiger partial charge on any atom is -0.504 e. The third-order valence-corrected chi connectivity index (χ3v) is 4.87. The number of methoxy groups -OCH3 is 1. The van der Waals surface area contributed by atoms with E-state index in [0.717, 1.165) is 31.5 Å². The van der Waals surface area contributed by atoms with Crippen molar-refractivity contribution in [3.63, 3.8) is 0 Å². The summed E-state index contributed by atoms with van der Waals surface area (Å²) < 4.78 is 5.08. The number of nitrogens with zero attached hydrogens (tertiary/aromatic N) is 1. The van der Waals surface area contributed by atoms with E-state index in [-0.39, 0.29) is 17.5 Å². The molecule has 2 aromatic carbocycles. The first-order valence-electron chi connectivity index (χ1n) is 8.45. The smallest absolute Gasteiger partial charge is 0.167 e. The average Bonchev–Trinajstić information content (AvgIpc) is 2.61. The van der Waals surface area contributed by atoms with Gasteiger partial charge in [-0.15, -0.1) is 0 Å². The van der Waals surface area contributed by atoms with E-state index >= 15 is 0 Å². The molecule has 1 saturated heterocycles. The van der Waals surface area contributed by atoms with Gasteiger partial charge in [-0.25, -0.2) is 0 Å². The van der Waals surface area contributed by atoms with Gasteiger partial charge in [0.1, 0.15) is 0 Å². The molecule has 25 heavy (non-hydrogen) atoms. The molecule has 132 valence electrons. The third-order valence-electron chi connectivity index (χ3n) is 4.63. The number of benzene rings is 2. The van der Waals surface area contributed by atoms with Crippen LogP contribution in [-0.2, 0) is 6.54 Å². The summed E-state index contributed by atoms with van der Waals surface area (Å²) in [6, 6.07) is 12.6. The molecule has 1 N–H and O–H groups in total. The lowest BCUT2D eigenvalue weighted by Gasteiger charge is -2.32. The average molecular weight is 360 g/mol. The summed E-state index contributed by atoms with van der Waals surface area (Å²) in [5, 5.41) is 10.5. The number of carbonyl (C=O) groups excluding carboxylic acids is 1. The minimum absolute atomic E-state index is 0.0148. The molecule has 5 heteroatoms. The van der Waals surface area contributed by atoms with Crippen molar-refractivity contribution in [1.82, 2.24) is 4.90 Å². The van der Waals surface area contributed by atoms with E-state index in [0.29, 0.717) is 22.9 Å². The van der Waals surface area contributed by atoms with E-state index in [2.05, 4.69) is 4.90 Å². The molecule has 1 heterocycles. The number of likely N-dealkylation sites (tertiary alicyclic amines) is 1. The van der Waals surface area contributed by atoms with Gasteiger partial charge in [0, 0.05) is 29.6 Å². The van der Waals surface area contributed by atoms with Crippen molar-refractivity contribution >= 4 is 17.4 Å². The highest BCUT2D eigenvalue weighted by Gasteiger charge is 2.26. The van der Waals surface area contributed by atoms with E-state index < -0.39 is 0 Å². The summed E-state index contributed by atoms with van der Waals surface area (Å²) >= 11 is 6.01. The van der Waals surface area contributed by atoms with Crippen LogP contribution in [0, 0.1) is 5.92 Å². The topological polar surface area (TPSA) is 49.8 Å². The van der Waals surface area contributed by atoms with Gasteiger partial charge in [0.25, 0.3) is 0 Å². The molecule has 0 saturated carbocycles. The summed E-state index contributed by atoms with van der Waals surface area (Å²) in [7, 11) is 1.53. The molecule has 1 aliphatic rings. The fourth-order valence-corrected chi connectivity index (χ4v) is 3.57. The predicted octanol–water partition coefficient (Wildman–Crippen LogP) is 4.15. The number of phenolic OH excluding ortho intramolecular Hbond substituents is 1. The molecule has 1 aliphatic heterocycles. The highest BCUT2D eigenvalue weighted by Crippen LogP contribution is 2.28. The SMILES string of the molecule is COc1ccc(CN2CCC[C@@H](C(=O)c3cccc(Cl)c3)C2)cc1O. The van der Waals surface area contributed by atoms with Crippen molar-refractivity contribution in [1.29, 1.82) is 0 Å². The van der Waals surface area contributed by atoms with Crippen LogP contribution >= 0.6 is 11.6 Å². The molecule has 1 atom stereocenters. The van der Waals surface area contributed by atoms with Gasteiger partial charge in [-0.1, -0.05) is 29.8 Å². The predicted molar refractivity (Wildman–Crippen MR) is 98.4 cm³/mol. The molecule has 0 aliphatic carbocycles. The number of hydrogen-bond acceptors (Lipinski definition) is 4. The van der Waals surface area contributed by atoms with Crippen LogP contribution in [0.2, 0.25) is 5.02 Å². The maximum atomic E-state index is 12.7. The second-order valence-electron chi connectivity index (χ2n) is 6.46. The van der Waals surface area contributed by atoms with E-state index in [4.69, 9.17) is 16.3 Å². The summed E-state index contributed by atoms with van der Waals surface area (Å²) in [6.45, 7) is 2.38. The second-order valence-corrected chi connectivity index (χ2v) is 6.89. The maximum absolute atomic E-state index is 12.7. The van der Waals surface area contributed by atoms with E-state index in [1.807, 2.05) is 18.2 Å². The first kappa shape index (κ1) is 17.8. The van der Waals surface area contributed by atoms with Crippen molar-refractivity contribution in [2.45, 2.75) is 19.4 Å². The van der Waals surface area contributed by atoms with Gasteiger partial charge in [0.05, 0.1) is 7.11 Å². The second kappa shape index (κ2) is 7.89. The number of Topliss-reactive ketones (excluding diaryl/α,β-unsaturated/α-hetero) is 1. The zero-order valence-corrected chi connectivity index (χ0v) is 15.0. The number of halogens is 1. The van der Waals surface area contributed by atoms with Crippen LogP contribution < -0.4 is 4.74 Å². The largest absolute Gasteiger partial charge is 0.504 e. The van der Waals surface area contributed by atoms with Crippen molar-refractivity contribution in [2.75, 3.05) is 20.2 Å². The Kier molecular flexibility index (Phi) is 5.61. The van der Waals surface area contributed by atoms with Gasteiger partial charge in [-0.3, -0.25) is 9.69 Å². The Hall–Kier alpha value is -2.04. The highest BCUT2D eigenvalue weighted by atomic mass is 35.5. The lowest BCUT2D eigenvalue weighted by molar-refractivity contribution is 0.0811. The molecule has 0 amide bonds. The molecule has 0 unspecified atom stereocenters. The lowest BCUT2D eigenvalue weighted by atomic mass is 9.90. The number of ether oxygens (including phenoxy) is 1. The molecule has 0 spiro atoms. The fourth-order valence-electron chi connectivity index (χ4n) is 3.38. The van der Waals surface area contributed by atoms with Crippen molar-refractivity contribution < 1.29 is 14.6 Å². The highest BCUT2D eigenvalue weighted by molar-refractivity contribution is 6.31. The van der Waals surface area contributed by atoms with E-state index in [9.17, 15) is 9.90 Å². The molecule has 4 nitrogen and oxygen atoms in total. The monoisotopic (exact) mass is 359 g/mol. The molecular formula is C20H22ClNO3. The van der Waals surface area contributed by atoms with Crippen LogP contribution in [-0.4, -0.2) is 36.0 Å². The number of hydrogen-bond donors (Lipinski definition) is 1. The molecular weight excluding hydrogens is 338 g/mol. The van der Waals surface area contributed by atoms with Crippen LogP contribution in [0.3, 0.4) is 0 Å². The summed E-state index contributed by atoms with van der Waals surface area (Å²) in [5.41, 5.74) is 1.69. The molecule has 0 aromatic heterocycles. The molecule has 3 rings (SSSR count). The number of aromatic hydroxyl groups is 1. The van der Waals surface area contributed by atoms with Crippen LogP contribution in [0.25, 0.3) is 0 Å². The molecule has 0 bridgehead atoms. The Bertz CT molecular complexity index is 762. The number of carbonyl (C=O) groups is 1. The van der Waals surface area contributed by atoms with E-state index in [1.54, 1.807) is 24.3 Å². The minimum atomic E-state index is -0.0148. The standard InChI is InChI=1S/C20H22ClNO3/c1-25-19-8-7-14(10-18(19)23)12-22-9-3-5-16(13-22)20(24)15-4-2-6-17(21)11-15/h2,4,6-8,10-11,16,23H,3,5,9,12-13H2,1H3/t16-/m1/s1. The quantitative estimate of drug-likeness (QED) is 0.815. The van der Waals surface area contributed by atoms with Crippen LogP contribution in [0.15, 0.2) is 42.5 Å². The number of rotatable bonds is 5. The summed E-state index contributed by atoms with van der Waals surface area (Å²) in [4.78, 5) is 15.0. The Morgan fingerprint density at radius 2 is 2.16 bits per heavy atom. The lowest BCUT2D eigenvalue weighted by Crippen LogP contribution is -2.38. The van der Waals surface area contributed by atoms with Gasteiger partial charge < -0.3 is 9.84 Å². The van der Waals surface area contributed by atoms with Gasteiger partial charge in [-0.2, -0.15) is 0 Å². The van der Waals surface area contributed by atoms with Gasteiger partial charge in [0.15, 0.2) is 17.3 Å². The first-order valence-corrected chi connectivity index (χ1v) is 8.82. The van der Waals surface area contributed by atoms with E-state index in [1.165, 1.54) is 7.11 Å². The summed E-state index contributed by atoms with van der Waals surface area (Å²) in [6.07, 6.45) is 1.88. The zero-order valence-electron chi connectivity index (χ0n) is 14.2. The zero-order chi connectivity index (χ0) is 17.8. The van der Waals surface area contributed by atoms with Crippen molar-refractivity contribution in [3.8, 4) is 11.5 Å². The normalized spacial score (nSPS) is 18.1. The molecule has 0 radical (unpaired) electrons. The molecule has 1 fully saturated rings. The van der Waals surface area contributed by atoms with Crippen molar-refractivity contribution in [3.05, 3.63) is 58.6 Å². The number of piperidine rings is 1. The first-order chi connectivity index (χ1) is 12.1. The number of phenols is 1. The van der Waals surface area contributed by atoms with Gasteiger partial charge >= 0.3 is 0 Å². The Labute approximate surface area is 153 Å². The Morgan fingerprint density at radius 1 is 1.32 bits per heavy atom. The molecule has 2 aromatic rings. The Morgan fingerprint density at radius 3 is 2.88 bits per heavy atom. The Balaban J connectivity index is 1.67. The number of ketones is 1. The summed E-state index contributed by atoms with van der Waals surface area (Å²) in [5.74, 6) is 0.754. The third kappa shape index (κ3) is 4.33. The van der Waals surface area contributed by atoms with Crippen LogP contribution in [0.5, 0.6) is 11.5 Å². The van der Waals surface area contributed by atoms with Gasteiger partial charge in [0.2, 0.25) is 0 Å². The van der Waals surface area contributed by atoms with Crippen LogP contribution in [0.4, 0.5) is 0 Å². The van der Waals surface area contributed by atoms with Gasteiger partial charge in [-0.05, 0) is 49.2 Å². The van der Waals surface area contributed by atoms with Crippen LogP contribution in [0.1, 0.15) is 28.8 Å². The van der Waals surface area contributed by atoms with Crippen molar-refractivity contribution in [2.24, 2.45) is 5.92 Å². The fraction of sp³-hybridized carbons (Fsp3) is 0.350. The maximum Gasteiger partial charge on any atom is 0.167 e.